The van der Waals surface area contributed by atoms with E-state index in [9.17, 15) is 26.3 Å². The highest BCUT2D eigenvalue weighted by atomic mass is 19.4. The summed E-state index contributed by atoms with van der Waals surface area (Å²) in [6, 6.07) is 33.0. The van der Waals surface area contributed by atoms with Gasteiger partial charge in [0.2, 0.25) is 0 Å². The molecule has 9 heteroatoms. The van der Waals surface area contributed by atoms with Crippen molar-refractivity contribution in [2.45, 2.75) is 45.1 Å². The first kappa shape index (κ1) is 31.9. The summed E-state index contributed by atoms with van der Waals surface area (Å²) in [5.74, 6) is -0.548. The molecule has 9 rings (SSSR count). The highest BCUT2D eigenvalue weighted by molar-refractivity contribution is 6.12. The van der Waals surface area contributed by atoms with Gasteiger partial charge in [0.15, 0.2) is 0 Å². The van der Waals surface area contributed by atoms with Crippen molar-refractivity contribution in [2.75, 3.05) is 13.1 Å². The van der Waals surface area contributed by atoms with Gasteiger partial charge in [0.1, 0.15) is 24.6 Å². The van der Waals surface area contributed by atoms with Crippen LogP contribution in [0.25, 0.3) is 54.9 Å². The summed E-state index contributed by atoms with van der Waals surface area (Å²) in [5, 5.41) is 4.15. The maximum absolute atomic E-state index is 13.1. The second kappa shape index (κ2) is 11.2. The molecule has 0 amide bonds. The summed E-state index contributed by atoms with van der Waals surface area (Å²) < 4.78 is 87.7. The lowest BCUT2D eigenvalue weighted by Crippen LogP contribution is -2.70. The van der Waals surface area contributed by atoms with Crippen molar-refractivity contribution in [1.82, 2.24) is 0 Å². The lowest BCUT2D eigenvalue weighted by atomic mass is 9.62. The summed E-state index contributed by atoms with van der Waals surface area (Å²) in [6.07, 6.45) is -5.97. The normalized spacial score (nSPS) is 17.4. The molecule has 2 spiro atoms. The summed E-state index contributed by atoms with van der Waals surface area (Å²) in [7, 11) is 0. The van der Waals surface area contributed by atoms with Gasteiger partial charge < -0.3 is 14.0 Å². The van der Waals surface area contributed by atoms with Crippen LogP contribution in [0.5, 0.6) is 11.5 Å². The van der Waals surface area contributed by atoms with Crippen LogP contribution in [0.15, 0.2) is 109 Å². The van der Waals surface area contributed by atoms with Gasteiger partial charge in [-0.05, 0) is 93.0 Å². The van der Waals surface area contributed by atoms with E-state index in [2.05, 4.69) is 45.9 Å². The number of quaternary nitrogens is 1. The summed E-state index contributed by atoms with van der Waals surface area (Å²) >= 11 is 0. The molecule has 0 aromatic heterocycles. The minimum Gasteiger partial charge on any atom is -0.406 e. The van der Waals surface area contributed by atoms with Crippen LogP contribution in [-0.4, -0.2) is 30.3 Å². The number of alkyl halides is 6. The molecule has 1 saturated carbocycles. The molecule has 0 radical (unpaired) electrons. The molecule has 258 valence electrons. The predicted molar refractivity (Wildman–Crippen MR) is 185 cm³/mol. The average Bonchev–Trinajstić information content (AvgIpc) is 3.21. The van der Waals surface area contributed by atoms with E-state index in [1.807, 2.05) is 24.3 Å². The molecule has 2 heterocycles. The van der Waals surface area contributed by atoms with E-state index < -0.39 is 12.7 Å². The maximum Gasteiger partial charge on any atom is 0.573 e. The van der Waals surface area contributed by atoms with Gasteiger partial charge in [-0.2, -0.15) is 0 Å². The molecule has 0 unspecified atom stereocenters. The third-order valence-corrected chi connectivity index (χ3v) is 11.1. The molecular formula is C42H32F6NO2+. The molecule has 0 N–H and O–H groups in total. The minimum atomic E-state index is -4.79. The van der Waals surface area contributed by atoms with Crippen LogP contribution >= 0.6 is 0 Å². The Hall–Kier alpha value is -5.02. The predicted octanol–water partition coefficient (Wildman–Crippen LogP) is 11.8. The molecule has 2 aliphatic heterocycles. The second-order valence-electron chi connectivity index (χ2n) is 14.5. The number of halogens is 6. The molecule has 6 aromatic carbocycles. The van der Waals surface area contributed by atoms with Crippen LogP contribution in [0.2, 0.25) is 0 Å². The number of ether oxygens (including phenoxy) is 2. The molecule has 0 atom stereocenters. The van der Waals surface area contributed by atoms with Crippen molar-refractivity contribution in [3.8, 4) is 44.9 Å². The number of fused-ring (bicyclic) bond motifs is 7. The van der Waals surface area contributed by atoms with E-state index >= 15 is 0 Å². The van der Waals surface area contributed by atoms with Crippen molar-refractivity contribution >= 4 is 21.5 Å². The number of hydrogen-bond acceptors (Lipinski definition) is 2. The zero-order valence-electron chi connectivity index (χ0n) is 27.4. The Morgan fingerprint density at radius 2 is 0.941 bits per heavy atom. The van der Waals surface area contributed by atoms with Crippen molar-refractivity contribution < 1.29 is 40.3 Å². The Kier molecular flexibility index (Phi) is 7.04. The molecule has 1 saturated heterocycles. The fraction of sp³-hybridized carbons (Fsp3) is 0.238. The SMILES string of the molecule is FC(F)(F)Oc1ccc(-c2cc3ccccc3c3c2C[N+]2(Cc4c(-c5ccc(OC(F)(F)F)cc5)cc5ccccc5c4-3)CC3(CCC3)C2)cc1. The van der Waals surface area contributed by atoms with Crippen LogP contribution in [0.4, 0.5) is 26.3 Å². The largest absolute Gasteiger partial charge is 0.573 e. The highest BCUT2D eigenvalue weighted by Gasteiger charge is 2.59. The molecule has 3 nitrogen and oxygen atoms in total. The minimum absolute atomic E-state index is 0.274. The number of benzene rings is 6. The first-order chi connectivity index (χ1) is 24.4. The first-order valence-electron chi connectivity index (χ1n) is 17.0. The Labute approximate surface area is 290 Å². The highest BCUT2D eigenvalue weighted by Crippen LogP contribution is 2.57. The van der Waals surface area contributed by atoms with Crippen LogP contribution in [0.1, 0.15) is 30.4 Å². The third-order valence-electron chi connectivity index (χ3n) is 11.1. The van der Waals surface area contributed by atoms with E-state index in [1.54, 1.807) is 24.3 Å². The number of nitrogens with zero attached hydrogens (tertiary/aromatic N) is 1. The first-order valence-corrected chi connectivity index (χ1v) is 17.0. The molecule has 6 aromatic rings. The summed E-state index contributed by atoms with van der Waals surface area (Å²) in [4.78, 5) is 0. The Bertz CT molecular complexity index is 2160. The zero-order chi connectivity index (χ0) is 35.2. The quantitative estimate of drug-likeness (QED) is 0.135. The Balaban J connectivity index is 1.32. The van der Waals surface area contributed by atoms with E-state index in [-0.39, 0.29) is 11.5 Å². The maximum atomic E-state index is 13.1. The average molecular weight is 697 g/mol. The smallest absolute Gasteiger partial charge is 0.406 e. The van der Waals surface area contributed by atoms with Gasteiger partial charge >= 0.3 is 12.7 Å². The Morgan fingerprint density at radius 3 is 1.31 bits per heavy atom. The van der Waals surface area contributed by atoms with Crippen LogP contribution in [0, 0.1) is 5.41 Å². The van der Waals surface area contributed by atoms with Crippen LogP contribution in [-0.2, 0) is 13.1 Å². The van der Waals surface area contributed by atoms with Gasteiger partial charge in [0.25, 0.3) is 0 Å². The standard InChI is InChI=1S/C42H32F6NO2/c43-41(44,45)50-30-14-10-26(11-15-30)34-20-28-6-1-3-8-32(28)38-36(34)22-49(24-40(25-49)18-5-19-40)23-37-35(21-29-7-2-4-9-33(29)39(37)38)27-12-16-31(17-13-27)51-42(46,47)48/h1-4,6-17,20-21H,5,18-19,22-25H2/q+1. The van der Waals surface area contributed by atoms with E-state index in [4.69, 9.17) is 0 Å². The van der Waals surface area contributed by atoms with Gasteiger partial charge in [-0.25, -0.2) is 0 Å². The molecule has 0 bridgehead atoms. The number of hydrogen-bond donors (Lipinski definition) is 0. The van der Waals surface area contributed by atoms with Gasteiger partial charge in [-0.15, -0.1) is 26.3 Å². The fourth-order valence-corrected chi connectivity index (χ4v) is 9.19. The van der Waals surface area contributed by atoms with Gasteiger partial charge in [0.05, 0.1) is 18.5 Å². The van der Waals surface area contributed by atoms with Crippen LogP contribution in [0.3, 0.4) is 0 Å². The van der Waals surface area contributed by atoms with Gasteiger partial charge in [-0.1, -0.05) is 79.2 Å². The molecule has 2 fully saturated rings. The summed E-state index contributed by atoms with van der Waals surface area (Å²) in [5.41, 5.74) is 8.30. The topological polar surface area (TPSA) is 18.5 Å². The van der Waals surface area contributed by atoms with Crippen molar-refractivity contribution in [2.24, 2.45) is 5.41 Å². The monoisotopic (exact) mass is 696 g/mol. The van der Waals surface area contributed by atoms with E-state index in [0.717, 1.165) is 96.7 Å². The van der Waals surface area contributed by atoms with Crippen molar-refractivity contribution in [3.05, 3.63) is 120 Å². The fourth-order valence-electron chi connectivity index (χ4n) is 9.19. The molecule has 3 aliphatic rings. The van der Waals surface area contributed by atoms with Crippen LogP contribution < -0.4 is 9.47 Å². The zero-order valence-corrected chi connectivity index (χ0v) is 27.4. The molecule has 1 aliphatic carbocycles. The second-order valence-corrected chi connectivity index (χ2v) is 14.5. The summed E-state index contributed by atoms with van der Waals surface area (Å²) in [6.45, 7) is 3.50. The van der Waals surface area contributed by atoms with Crippen molar-refractivity contribution in [1.29, 1.82) is 0 Å². The van der Waals surface area contributed by atoms with E-state index in [1.165, 1.54) is 43.5 Å². The lowest BCUT2D eigenvalue weighted by molar-refractivity contribution is -1.01. The van der Waals surface area contributed by atoms with Gasteiger partial charge in [0, 0.05) is 22.3 Å². The van der Waals surface area contributed by atoms with E-state index in [0.29, 0.717) is 5.41 Å². The lowest BCUT2D eigenvalue weighted by Gasteiger charge is -2.61. The Morgan fingerprint density at radius 1 is 0.529 bits per heavy atom. The van der Waals surface area contributed by atoms with Crippen molar-refractivity contribution in [3.63, 3.8) is 0 Å². The molecular weight excluding hydrogens is 664 g/mol. The third kappa shape index (κ3) is 5.68. The van der Waals surface area contributed by atoms with Gasteiger partial charge in [-0.3, -0.25) is 0 Å². The number of rotatable bonds is 4. The molecule has 51 heavy (non-hydrogen) atoms.